The standard InChI is InChI=1S/C78H64N10.2Pt/c1-53-54(2)78(88(64-32-24-30-62(46-64)84-50-80(6)70-34-16-20-38-74(70)84)68-44-60(58-27-13-10-14-28-58)42-66(48-68)86-52-82(8)72-36-18-22-40-76(72)86)56(4)55(3)77(53)87(63-31-23-29-61(45-63)83-49-79(5)69-33-15-19-37-73(69)83)67-43-59(57-25-11-9-12-26-57)41-65(47-67)85-51-81(7)71-35-17-21-39-75(71)85;;/h9-48H,1-8H3;;/i5D3,6D3,7D3,8D3;;. The number of hydrogen-bond donors (Lipinski definition) is 0. The Hall–Kier alpha value is -9.72. The summed E-state index contributed by atoms with van der Waals surface area (Å²) < 4.78 is 114. The van der Waals surface area contributed by atoms with Crippen molar-refractivity contribution in [3.63, 3.8) is 0 Å². The van der Waals surface area contributed by atoms with Crippen molar-refractivity contribution in [1.29, 1.82) is 0 Å². The van der Waals surface area contributed by atoms with Crippen molar-refractivity contribution in [2.24, 2.45) is 0 Å². The summed E-state index contributed by atoms with van der Waals surface area (Å²) in [4.78, 5) is 18.4. The molecule has 11 aromatic carbocycles. The molecule has 11 aromatic rings. The van der Waals surface area contributed by atoms with Gasteiger partial charge in [0.15, 0.2) is 0 Å². The van der Waals surface area contributed by atoms with Crippen molar-refractivity contribution >= 4 is 119 Å². The Balaban J connectivity index is 0.959. The molecule has 0 unspecified atom stereocenters. The quantitative estimate of drug-likeness (QED) is 0.170. The molecule has 0 aromatic heterocycles. The van der Waals surface area contributed by atoms with Crippen LogP contribution in [0.3, 0.4) is 0 Å². The molecule has 446 valence electrons. The van der Waals surface area contributed by atoms with Gasteiger partial charge in [-0.1, -0.05) is 0 Å². The second-order valence-electron chi connectivity index (χ2n) is 22.9. The van der Waals surface area contributed by atoms with Gasteiger partial charge >= 0.3 is 562 Å². The Bertz CT molecular complexity index is 5130. The van der Waals surface area contributed by atoms with Crippen molar-refractivity contribution in [2.45, 2.75) is 27.7 Å². The summed E-state index contributed by atoms with van der Waals surface area (Å²) in [6.45, 7) is -2.16. The molecule has 0 saturated heterocycles. The van der Waals surface area contributed by atoms with Crippen LogP contribution in [0.2, 0.25) is 0 Å². The van der Waals surface area contributed by atoms with Crippen LogP contribution < -0.4 is 49.0 Å². The number of para-hydroxylation sites is 8. The number of anilines is 18. The molecule has 10 nitrogen and oxygen atoms in total. The Morgan fingerprint density at radius 3 is 0.778 bits per heavy atom. The van der Waals surface area contributed by atoms with E-state index in [0.717, 1.165) is 78.6 Å². The molecule has 6 aliphatic heterocycles. The van der Waals surface area contributed by atoms with Crippen molar-refractivity contribution in [1.82, 2.24) is 0 Å². The van der Waals surface area contributed by atoms with Crippen LogP contribution in [0, 0.1) is 27.7 Å². The second kappa shape index (κ2) is 20.9. The minimum absolute atomic E-state index is 0.452. The van der Waals surface area contributed by atoms with E-state index in [0.29, 0.717) is 84.8 Å². The van der Waals surface area contributed by atoms with Gasteiger partial charge in [0.2, 0.25) is 0 Å². The van der Waals surface area contributed by atoms with E-state index in [9.17, 15) is 16.4 Å². The van der Waals surface area contributed by atoms with Crippen LogP contribution in [0.4, 0.5) is 102 Å². The summed E-state index contributed by atoms with van der Waals surface area (Å²) in [6.07, 6.45) is 0. The third-order valence-electron chi connectivity index (χ3n) is 17.8. The van der Waals surface area contributed by atoms with E-state index in [2.05, 4.69) is 122 Å². The van der Waals surface area contributed by atoms with Gasteiger partial charge in [0.1, 0.15) is 0 Å². The van der Waals surface area contributed by atoms with E-state index in [1.165, 1.54) is 19.6 Å². The second-order valence-corrected chi connectivity index (χ2v) is 28.1. The van der Waals surface area contributed by atoms with Gasteiger partial charge in [-0.3, -0.25) is 0 Å². The molecule has 6 heterocycles. The number of benzene rings is 11. The number of fused-ring (bicyclic) bond motifs is 24. The maximum absolute atomic E-state index is 9.34. The first-order valence-electron chi connectivity index (χ1n) is 35.6. The summed E-state index contributed by atoms with van der Waals surface area (Å²) in [5.74, 6) is 0. The Morgan fingerprint density at radius 2 is 0.478 bits per heavy atom. The van der Waals surface area contributed by atoms with E-state index in [-0.39, 0.29) is 0 Å². The van der Waals surface area contributed by atoms with Crippen LogP contribution in [-0.4, -0.2) is 44.5 Å². The van der Waals surface area contributed by atoms with Crippen molar-refractivity contribution in [2.75, 3.05) is 76.9 Å². The molecule has 17 rings (SSSR count). The van der Waals surface area contributed by atoms with Crippen LogP contribution in [-0.2, 0) is 35.3 Å². The van der Waals surface area contributed by atoms with Gasteiger partial charge in [-0.05, 0) is 0 Å². The van der Waals surface area contributed by atoms with Crippen LogP contribution in [0.5, 0.6) is 0 Å². The molecule has 0 saturated carbocycles. The summed E-state index contributed by atoms with van der Waals surface area (Å²) in [7, 11) is 0. The molecule has 8 bridgehead atoms. The maximum atomic E-state index is 9.34. The third kappa shape index (κ3) is 8.23. The molecule has 0 aliphatic carbocycles. The Morgan fingerprint density at radius 1 is 0.233 bits per heavy atom. The van der Waals surface area contributed by atoms with Gasteiger partial charge in [0.25, 0.3) is 0 Å². The Labute approximate surface area is 559 Å². The first kappa shape index (κ1) is 43.0. The van der Waals surface area contributed by atoms with Gasteiger partial charge in [-0.25, -0.2) is 0 Å². The van der Waals surface area contributed by atoms with E-state index in [1.54, 1.807) is 0 Å². The van der Waals surface area contributed by atoms with E-state index in [1.807, 2.05) is 177 Å². The molecule has 0 spiro atoms. The number of rotatable bonds is 4. The fourth-order valence-corrected chi connectivity index (χ4v) is 19.8. The molecule has 0 radical (unpaired) electrons. The monoisotopic (exact) mass is 1540 g/mol. The van der Waals surface area contributed by atoms with Crippen molar-refractivity contribution < 1.29 is 51.7 Å². The van der Waals surface area contributed by atoms with Crippen LogP contribution >= 0.6 is 0 Å². The number of hydrogen-bond acceptors (Lipinski definition) is 10. The van der Waals surface area contributed by atoms with Crippen LogP contribution in [0.1, 0.15) is 38.7 Å². The fraction of sp³-hybridized carbons (Fsp3) is 0.103. The normalized spacial score (nSPS) is 17.9. The van der Waals surface area contributed by atoms with E-state index in [4.69, 9.17) is 0 Å². The third-order valence-corrected chi connectivity index (χ3v) is 23.9. The van der Waals surface area contributed by atoms with Crippen LogP contribution in [0.25, 0.3) is 22.3 Å². The van der Waals surface area contributed by atoms with Crippen LogP contribution in [0.15, 0.2) is 243 Å². The molecule has 12 heteroatoms. The van der Waals surface area contributed by atoms with E-state index < -0.39 is 63.2 Å². The molecular formula is C78H64N10Pt2. The molecular weight excluding hydrogens is 1470 g/mol. The molecule has 90 heavy (non-hydrogen) atoms. The van der Waals surface area contributed by atoms with Crippen molar-refractivity contribution in [3.8, 4) is 22.3 Å². The molecule has 0 N–H and O–H groups in total. The summed E-state index contributed by atoms with van der Waals surface area (Å²) in [6, 6.07) is 79.5. The van der Waals surface area contributed by atoms with Gasteiger partial charge < -0.3 is 0 Å². The minimum atomic E-state index is -2.70. The predicted molar refractivity (Wildman–Crippen MR) is 374 cm³/mol. The first-order valence-corrected chi connectivity index (χ1v) is 34.1. The number of nitrogens with zero attached hydrogens (tertiary/aromatic N) is 10. The molecule has 0 atom stereocenters. The van der Waals surface area contributed by atoms with Gasteiger partial charge in [0, 0.05) is 0 Å². The molecule has 0 fully saturated rings. The summed E-state index contributed by atoms with van der Waals surface area (Å²) >= 11 is -3.48. The van der Waals surface area contributed by atoms with Crippen molar-refractivity contribution in [3.05, 3.63) is 265 Å². The molecule has 6 aliphatic rings. The predicted octanol–water partition coefficient (Wildman–Crippen LogP) is 18.1. The zero-order valence-corrected chi connectivity index (χ0v) is 53.7. The summed E-state index contributed by atoms with van der Waals surface area (Å²) in [5, 5.41) is 0. The summed E-state index contributed by atoms with van der Waals surface area (Å²) in [5.41, 5.74) is 19.3. The van der Waals surface area contributed by atoms with Gasteiger partial charge in [0.05, 0.1) is 0 Å². The average Bonchev–Trinajstić information content (AvgIpc) is 1.50. The van der Waals surface area contributed by atoms with Gasteiger partial charge in [-0.15, -0.1) is 0 Å². The SMILES string of the molecule is [2H]C([2H])([2H])N1[C]2=[Pt]=[C]3N(c4cc(-c5ccccc5)cc(c4)N(c4c(C)c(C)c(N5c6cccc(c6)N6[C](=[Pt]=[C]7N(c8cc(-c9ccccc9)cc5c8)c5ccccc5N7C([2H])([2H])[2H])N(C([2H])([2H])[2H])c5ccccc56)c(C)c4C)c4cccc(c4)N2c2ccccc21)c1ccccc1N3C([2H])([2H])[2H]. The Kier molecular flexibility index (Phi) is 10.0. The first-order chi connectivity index (χ1) is 48.8. The zero-order chi connectivity index (χ0) is 70.8. The zero-order valence-electron chi connectivity index (χ0n) is 61.2. The molecule has 0 amide bonds. The van der Waals surface area contributed by atoms with Gasteiger partial charge in [-0.2, -0.15) is 0 Å². The van der Waals surface area contributed by atoms with E-state index >= 15 is 0 Å². The average molecular weight is 1540 g/mol. The fourth-order valence-electron chi connectivity index (χ4n) is 13.5. The topological polar surface area (TPSA) is 32.4 Å².